The summed E-state index contributed by atoms with van der Waals surface area (Å²) in [7, 11) is 0. The summed E-state index contributed by atoms with van der Waals surface area (Å²) >= 11 is 1.51. The molecule has 1 aromatic rings. The molecule has 1 saturated heterocycles. The van der Waals surface area contributed by atoms with Gasteiger partial charge in [-0.15, -0.1) is 0 Å². The van der Waals surface area contributed by atoms with E-state index < -0.39 is 39.9 Å². The summed E-state index contributed by atoms with van der Waals surface area (Å²) in [5, 5.41) is 62.3. The van der Waals surface area contributed by atoms with Crippen LogP contribution >= 0.6 is 22.6 Å². The Balaban J connectivity index is 2.18. The molecule has 6 N–H and O–H groups in total. The van der Waals surface area contributed by atoms with Gasteiger partial charge in [0.05, 0.1) is 12.3 Å². The van der Waals surface area contributed by atoms with Crippen LogP contribution < -0.4 is 0 Å². The number of aliphatic imine (C=N–C) groups is 1. The summed E-state index contributed by atoms with van der Waals surface area (Å²) in [4.78, 5) is 4.00. The number of para-hydroxylation sites is 1. The Labute approximate surface area is 144 Å². The number of rotatable bonds is 2. The predicted octanol–water partition coefficient (Wildman–Crippen LogP) is -1.48. The van der Waals surface area contributed by atoms with E-state index in [4.69, 9.17) is 4.74 Å². The Morgan fingerprint density at radius 2 is 1.83 bits per heavy atom. The molecule has 2 aliphatic rings. The minimum atomic E-state index is -2.66. The highest BCUT2D eigenvalue weighted by atomic mass is 127. The average Bonchev–Trinajstić information content (AvgIpc) is 2.90. The van der Waals surface area contributed by atoms with Gasteiger partial charge in [-0.05, 0) is 28.7 Å². The topological polar surface area (TPSA) is 143 Å². The lowest BCUT2D eigenvalue weighted by molar-refractivity contribution is -0.353. The van der Waals surface area contributed by atoms with Crippen molar-refractivity contribution in [3.63, 3.8) is 0 Å². The fourth-order valence-corrected chi connectivity index (χ4v) is 3.79. The molecule has 1 fully saturated rings. The maximum absolute atomic E-state index is 11.1. The number of hydrogen-bond donors (Lipinski definition) is 6. The van der Waals surface area contributed by atoms with Gasteiger partial charge >= 0.3 is 0 Å². The van der Waals surface area contributed by atoms with E-state index in [0.717, 1.165) is 6.21 Å². The van der Waals surface area contributed by atoms with Crippen LogP contribution in [-0.2, 0) is 10.3 Å². The Hall–Kier alpha value is -0.660. The van der Waals surface area contributed by atoms with Crippen molar-refractivity contribution in [1.29, 1.82) is 0 Å². The average molecular weight is 437 g/mol. The highest BCUT2D eigenvalue weighted by Gasteiger charge is 2.70. The molecule has 126 valence electrons. The molecule has 0 saturated carbocycles. The van der Waals surface area contributed by atoms with Crippen molar-refractivity contribution in [1.82, 2.24) is 0 Å². The van der Waals surface area contributed by atoms with Crippen LogP contribution in [0.3, 0.4) is 0 Å². The lowest BCUT2D eigenvalue weighted by Crippen LogP contribution is -2.77. The maximum atomic E-state index is 11.1. The maximum Gasteiger partial charge on any atom is 0.185 e. The van der Waals surface area contributed by atoms with Crippen molar-refractivity contribution in [3.05, 3.63) is 29.8 Å². The largest absolute Gasteiger partial charge is 0.392 e. The number of nitrogens with zero attached hydrogens (tertiary/aromatic N) is 1. The molecular weight excluding hydrogens is 421 g/mol. The number of fused-ring (bicyclic) bond motifs is 1. The lowest BCUT2D eigenvalue weighted by atomic mass is 9.69. The van der Waals surface area contributed by atoms with Crippen LogP contribution in [0.25, 0.3) is 0 Å². The fraction of sp³-hybridized carbons (Fsp3) is 0.500. The Bertz CT molecular complexity index is 658. The van der Waals surface area contributed by atoms with Crippen LogP contribution in [0.1, 0.15) is 5.56 Å². The first-order chi connectivity index (χ1) is 10.7. The molecule has 0 radical (unpaired) electrons. The zero-order valence-corrected chi connectivity index (χ0v) is 13.9. The van der Waals surface area contributed by atoms with Crippen molar-refractivity contribution in [2.45, 2.75) is 33.3 Å². The molecule has 2 aliphatic heterocycles. The first-order valence-corrected chi connectivity index (χ1v) is 7.90. The van der Waals surface area contributed by atoms with Gasteiger partial charge in [0.1, 0.15) is 12.2 Å². The minimum Gasteiger partial charge on any atom is -0.392 e. The van der Waals surface area contributed by atoms with Crippen LogP contribution in [0, 0.1) is 0 Å². The van der Waals surface area contributed by atoms with Gasteiger partial charge in [-0.2, -0.15) is 0 Å². The molecule has 1 unspecified atom stereocenters. The van der Waals surface area contributed by atoms with E-state index >= 15 is 0 Å². The number of aliphatic hydroxyl groups excluding tert-OH is 4. The van der Waals surface area contributed by atoms with Gasteiger partial charge in [-0.3, -0.25) is 4.99 Å². The van der Waals surface area contributed by atoms with Crippen molar-refractivity contribution in [2.24, 2.45) is 4.99 Å². The van der Waals surface area contributed by atoms with Crippen LogP contribution in [0.4, 0.5) is 5.69 Å². The van der Waals surface area contributed by atoms with E-state index in [1.54, 1.807) is 18.2 Å². The smallest absolute Gasteiger partial charge is 0.185 e. The summed E-state index contributed by atoms with van der Waals surface area (Å²) in [6, 6.07) is 6.34. The number of hydrogen-bond acceptors (Lipinski definition) is 8. The summed E-state index contributed by atoms with van der Waals surface area (Å²) in [6.07, 6.45) is -4.91. The van der Waals surface area contributed by atoms with E-state index in [0.29, 0.717) is 5.69 Å². The van der Waals surface area contributed by atoms with Crippen molar-refractivity contribution in [3.8, 4) is 0 Å². The molecule has 0 aromatic heterocycles. The van der Waals surface area contributed by atoms with Crippen LogP contribution in [0.15, 0.2) is 29.3 Å². The second-order valence-electron chi connectivity index (χ2n) is 5.67. The van der Waals surface area contributed by atoms with E-state index in [2.05, 4.69) is 4.99 Å². The molecule has 0 spiro atoms. The Morgan fingerprint density at radius 3 is 2.48 bits per heavy atom. The minimum absolute atomic E-state index is 0.159. The molecule has 2 heterocycles. The SMILES string of the molecule is OC[C@@]1(I)O[C@@H](O)[C@H](O)[C@](O)(C2(O)C=Nc3ccccc32)[C@H]1O. The number of benzene rings is 1. The standard InChI is InChI=1S/C14H16INO7/c15-13(6-17)11(20)14(22,9(18)10(19)23-13)12(21)5-16-8-4-2-1-3-7(8)12/h1-5,9-11,17-22H,6H2/t9-,10+,11-,12?,13+,14+/m0/s1. The van der Waals surface area contributed by atoms with Gasteiger partial charge < -0.3 is 35.4 Å². The highest BCUT2D eigenvalue weighted by molar-refractivity contribution is 14.1. The van der Waals surface area contributed by atoms with E-state index in [1.165, 1.54) is 28.7 Å². The second-order valence-corrected chi connectivity index (χ2v) is 7.49. The summed E-state index contributed by atoms with van der Waals surface area (Å²) in [5.41, 5.74) is -4.43. The predicted molar refractivity (Wildman–Crippen MR) is 86.4 cm³/mol. The fourth-order valence-electron chi connectivity index (χ4n) is 3.06. The van der Waals surface area contributed by atoms with Gasteiger partial charge in [-0.1, -0.05) is 18.2 Å². The van der Waals surface area contributed by atoms with E-state index in [1.807, 2.05) is 0 Å². The molecular formula is C14H16INO7. The van der Waals surface area contributed by atoms with Crippen LogP contribution in [0.2, 0.25) is 0 Å². The molecule has 0 aliphatic carbocycles. The summed E-state index contributed by atoms with van der Waals surface area (Å²) < 4.78 is 3.18. The van der Waals surface area contributed by atoms with Gasteiger partial charge in [0.15, 0.2) is 21.1 Å². The third-order valence-corrected chi connectivity index (χ3v) is 5.58. The molecule has 6 atom stereocenters. The van der Waals surface area contributed by atoms with E-state index in [-0.39, 0.29) is 5.56 Å². The highest BCUT2D eigenvalue weighted by Crippen LogP contribution is 2.51. The summed E-state index contributed by atoms with van der Waals surface area (Å²) in [5.74, 6) is 0. The number of alkyl halides is 1. The van der Waals surface area contributed by atoms with Gasteiger partial charge in [0.25, 0.3) is 0 Å². The monoisotopic (exact) mass is 437 g/mol. The molecule has 0 amide bonds. The third-order valence-electron chi connectivity index (χ3n) is 4.39. The second kappa shape index (κ2) is 5.43. The van der Waals surface area contributed by atoms with Gasteiger partial charge in [0.2, 0.25) is 0 Å². The number of ether oxygens (including phenoxy) is 1. The first kappa shape index (κ1) is 17.2. The molecule has 3 rings (SSSR count). The molecule has 9 heteroatoms. The Morgan fingerprint density at radius 1 is 1.17 bits per heavy atom. The first-order valence-electron chi connectivity index (χ1n) is 6.82. The van der Waals surface area contributed by atoms with Crippen LogP contribution in [0.5, 0.6) is 0 Å². The lowest BCUT2D eigenvalue weighted by Gasteiger charge is -2.54. The molecule has 1 aromatic carbocycles. The number of aliphatic hydroxyl groups is 6. The zero-order valence-electron chi connectivity index (χ0n) is 11.7. The van der Waals surface area contributed by atoms with Crippen LogP contribution in [-0.4, -0.2) is 71.2 Å². The normalized spacial score (nSPS) is 46.0. The number of halogens is 1. The summed E-state index contributed by atoms with van der Waals surface area (Å²) in [6.45, 7) is -0.768. The zero-order chi connectivity index (χ0) is 17.0. The van der Waals surface area contributed by atoms with Crippen molar-refractivity contribution < 1.29 is 35.4 Å². The van der Waals surface area contributed by atoms with Crippen molar-refractivity contribution >= 4 is 34.5 Å². The molecule has 8 nitrogen and oxygen atoms in total. The van der Waals surface area contributed by atoms with Gasteiger partial charge in [-0.25, -0.2) is 0 Å². The van der Waals surface area contributed by atoms with E-state index in [9.17, 15) is 30.6 Å². The quantitative estimate of drug-likeness (QED) is 0.245. The molecule has 0 bridgehead atoms. The third kappa shape index (κ3) is 2.12. The van der Waals surface area contributed by atoms with Crippen molar-refractivity contribution in [2.75, 3.05) is 6.61 Å². The van der Waals surface area contributed by atoms with Gasteiger partial charge in [0, 0.05) is 11.8 Å². The Kier molecular flexibility index (Phi) is 4.05. The molecule has 23 heavy (non-hydrogen) atoms.